The molecule has 2 saturated heterocycles. The Morgan fingerprint density at radius 3 is 1.94 bits per heavy atom. The molecular formula is C53H94O8Si3. The summed E-state index contributed by atoms with van der Waals surface area (Å²) in [6.07, 6.45) is 7.94. The lowest BCUT2D eigenvalue weighted by atomic mass is 9.87. The second-order valence-electron chi connectivity index (χ2n) is 24.5. The Kier molecular flexibility index (Phi) is 19.7. The normalized spacial score (nSPS) is 33.6. The van der Waals surface area contributed by atoms with Crippen molar-refractivity contribution in [3.8, 4) is 11.8 Å². The van der Waals surface area contributed by atoms with Gasteiger partial charge in [0.05, 0.1) is 49.1 Å². The maximum atomic E-state index is 14.0. The number of cyclic esters (lactones) is 1. The summed E-state index contributed by atoms with van der Waals surface area (Å²) in [5, 5.41) is 11.7. The predicted octanol–water partition coefficient (Wildman–Crippen LogP) is 13.3. The summed E-state index contributed by atoms with van der Waals surface area (Å²) < 4.78 is 42.2. The fourth-order valence-electron chi connectivity index (χ4n) is 7.76. The highest BCUT2D eigenvalue weighted by Gasteiger charge is 2.51. The highest BCUT2D eigenvalue weighted by molar-refractivity contribution is 6.75. The van der Waals surface area contributed by atoms with Crippen LogP contribution in [-0.2, 0) is 32.3 Å². The number of carbonyl (C=O) groups excluding carboxylic acids is 1. The molecule has 2 fully saturated rings. The first-order chi connectivity index (χ1) is 29.1. The number of esters is 1. The lowest BCUT2D eigenvalue weighted by Crippen LogP contribution is -2.55. The van der Waals surface area contributed by atoms with Crippen molar-refractivity contribution in [1.82, 2.24) is 0 Å². The standard InChI is InChI=1S/C53H94O8Si3/c1-35(2)25-23-28-43-44-30-29-41(56-44)27-24-26-36(3)42(54)33-46(59-62(17,18)51(8,9)10)40(7)37(4)31-39(6)49(60-63(19,20)52(11,12)13)50(61-64(21,22)53(14,15)16)47-32-38(5)45(57-47)34-48(55)58-43/h23,25,28,31,36,38,40-47,49-50,54H,6,27,29-30,32-34H2,1-5,7-22H3/b28-23+,37-31+/t36-,38+,40+,41-,42+,43?,44+,45-,46-,47+,49?,50-/m0/s1. The van der Waals surface area contributed by atoms with Crippen molar-refractivity contribution >= 4 is 30.9 Å². The second-order valence-corrected chi connectivity index (χ2v) is 38.8. The number of aliphatic hydroxyl groups excluding tert-OH is 1. The zero-order chi connectivity index (χ0) is 49.0. The summed E-state index contributed by atoms with van der Waals surface area (Å²) in [7, 11) is -7.15. The predicted molar refractivity (Wildman–Crippen MR) is 274 cm³/mol. The van der Waals surface area contributed by atoms with Crippen LogP contribution in [0, 0.1) is 29.6 Å². The monoisotopic (exact) mass is 943 g/mol. The van der Waals surface area contributed by atoms with E-state index in [1.165, 1.54) is 0 Å². The van der Waals surface area contributed by atoms with Crippen molar-refractivity contribution in [1.29, 1.82) is 0 Å². The van der Waals surface area contributed by atoms with Crippen LogP contribution in [0.5, 0.6) is 0 Å². The minimum atomic E-state index is -2.44. The number of aliphatic hydroxyl groups is 1. The number of rotatable bonds is 8. The fourth-order valence-corrected chi connectivity index (χ4v) is 11.8. The van der Waals surface area contributed by atoms with Gasteiger partial charge in [0.1, 0.15) is 12.2 Å². The van der Waals surface area contributed by atoms with Crippen molar-refractivity contribution in [2.24, 2.45) is 17.8 Å². The van der Waals surface area contributed by atoms with Gasteiger partial charge >= 0.3 is 5.97 Å². The van der Waals surface area contributed by atoms with E-state index in [0.29, 0.717) is 19.3 Å². The lowest BCUT2D eigenvalue weighted by Gasteiger charge is -2.47. The Balaban J connectivity index is 2.27. The van der Waals surface area contributed by atoms with Gasteiger partial charge in [0.25, 0.3) is 0 Å². The van der Waals surface area contributed by atoms with Gasteiger partial charge in [-0.25, -0.2) is 0 Å². The highest BCUT2D eigenvalue weighted by atomic mass is 28.4. The molecule has 0 aromatic carbocycles. The first kappa shape index (κ1) is 56.7. The number of fused-ring (bicyclic) bond motifs is 4. The topological polar surface area (TPSA) is 92.7 Å². The summed E-state index contributed by atoms with van der Waals surface area (Å²) in [5.74, 6) is 6.17. The molecule has 3 heterocycles. The molecule has 64 heavy (non-hydrogen) atoms. The average molecular weight is 944 g/mol. The summed E-state index contributed by atoms with van der Waals surface area (Å²) in [6, 6.07) is 0. The third-order valence-electron chi connectivity index (χ3n) is 15.6. The molecule has 0 saturated carbocycles. The van der Waals surface area contributed by atoms with E-state index in [-0.39, 0.29) is 75.8 Å². The van der Waals surface area contributed by atoms with E-state index in [1.807, 2.05) is 39.0 Å². The van der Waals surface area contributed by atoms with Gasteiger partial charge in [-0.2, -0.15) is 0 Å². The summed E-state index contributed by atoms with van der Waals surface area (Å²) in [5.41, 5.74) is 3.09. The quantitative estimate of drug-likeness (QED) is 0.111. The molecule has 11 heteroatoms. The van der Waals surface area contributed by atoms with E-state index in [4.69, 9.17) is 34.1 Å². The van der Waals surface area contributed by atoms with E-state index < -0.39 is 49.4 Å². The van der Waals surface area contributed by atoms with Gasteiger partial charge in [-0.1, -0.05) is 118 Å². The van der Waals surface area contributed by atoms with Crippen LogP contribution >= 0.6 is 0 Å². The van der Waals surface area contributed by atoms with E-state index >= 15 is 0 Å². The van der Waals surface area contributed by atoms with Crippen molar-refractivity contribution in [2.75, 3.05) is 0 Å². The molecule has 1 N–H and O–H groups in total. The van der Waals surface area contributed by atoms with Crippen LogP contribution in [0.1, 0.15) is 142 Å². The highest BCUT2D eigenvalue weighted by Crippen LogP contribution is 2.45. The SMILES string of the molecule is C=C1/C=C(\C)[C@@H](C)[C@@H](O[Si](C)(C)C(C)(C)C)C[C@@H](O)[C@@H](C)C#CC[C@H]2CC[C@@H](O2)C(/C=C/C=C(C)C)OC(=O)C[C@@H]2O[C@H](C[C@H]2C)[C@H](O[Si](C)(C)C(C)(C)C)C1O[Si](C)(C)C(C)(C)C. The van der Waals surface area contributed by atoms with Crippen LogP contribution in [0.15, 0.2) is 47.6 Å². The van der Waals surface area contributed by atoms with E-state index in [1.54, 1.807) is 0 Å². The number of allylic oxidation sites excluding steroid dienone is 3. The van der Waals surface area contributed by atoms with Gasteiger partial charge in [-0.15, -0.1) is 5.92 Å². The largest absolute Gasteiger partial charge is 0.455 e. The van der Waals surface area contributed by atoms with Gasteiger partial charge in [0.2, 0.25) is 0 Å². The molecule has 3 aliphatic rings. The Morgan fingerprint density at radius 1 is 0.812 bits per heavy atom. The van der Waals surface area contributed by atoms with E-state index in [2.05, 4.69) is 140 Å². The molecule has 8 nitrogen and oxygen atoms in total. The van der Waals surface area contributed by atoms with Crippen LogP contribution in [0.3, 0.4) is 0 Å². The van der Waals surface area contributed by atoms with E-state index in [9.17, 15) is 9.90 Å². The molecule has 2 unspecified atom stereocenters. The fraction of sp³-hybridized carbons (Fsp3) is 0.792. The maximum absolute atomic E-state index is 14.0. The molecule has 12 atom stereocenters. The van der Waals surface area contributed by atoms with Crippen LogP contribution in [-0.4, -0.2) is 91.0 Å². The number of hydrogen-bond donors (Lipinski definition) is 1. The second kappa shape index (κ2) is 22.2. The molecule has 4 bridgehead atoms. The van der Waals surface area contributed by atoms with Gasteiger partial charge in [0, 0.05) is 24.7 Å². The van der Waals surface area contributed by atoms with Crippen molar-refractivity contribution in [3.05, 3.63) is 47.6 Å². The summed E-state index contributed by atoms with van der Waals surface area (Å²) in [4.78, 5) is 14.0. The third-order valence-corrected chi connectivity index (χ3v) is 29.0. The number of carbonyl (C=O) groups is 1. The lowest BCUT2D eigenvalue weighted by molar-refractivity contribution is -0.157. The van der Waals surface area contributed by atoms with Crippen LogP contribution in [0.2, 0.25) is 54.4 Å². The van der Waals surface area contributed by atoms with Crippen molar-refractivity contribution in [3.63, 3.8) is 0 Å². The summed E-state index contributed by atoms with van der Waals surface area (Å²) in [6.45, 7) is 51.6. The molecule has 0 radical (unpaired) electrons. The molecule has 3 aliphatic heterocycles. The third kappa shape index (κ3) is 15.5. The van der Waals surface area contributed by atoms with Gasteiger partial charge < -0.3 is 32.6 Å². The Hall–Kier alpha value is -1.60. The van der Waals surface area contributed by atoms with Crippen molar-refractivity contribution < 1.29 is 37.4 Å². The molecule has 3 rings (SSSR count). The summed E-state index contributed by atoms with van der Waals surface area (Å²) >= 11 is 0. The first-order valence-electron chi connectivity index (χ1n) is 24.5. The number of ether oxygens (including phenoxy) is 3. The van der Waals surface area contributed by atoms with Crippen LogP contribution in [0.25, 0.3) is 0 Å². The molecule has 366 valence electrons. The minimum Gasteiger partial charge on any atom is -0.455 e. The molecular weight excluding hydrogens is 849 g/mol. The molecule has 0 amide bonds. The zero-order valence-electron chi connectivity index (χ0n) is 44.5. The van der Waals surface area contributed by atoms with Gasteiger partial charge in [0.15, 0.2) is 25.0 Å². The smallest absolute Gasteiger partial charge is 0.309 e. The number of hydrogen-bond acceptors (Lipinski definition) is 8. The van der Waals surface area contributed by atoms with Crippen LogP contribution in [0.4, 0.5) is 0 Å². The van der Waals surface area contributed by atoms with Crippen molar-refractivity contribution in [2.45, 2.75) is 252 Å². The Morgan fingerprint density at radius 2 is 1.38 bits per heavy atom. The van der Waals surface area contributed by atoms with E-state index in [0.717, 1.165) is 29.6 Å². The first-order valence-corrected chi connectivity index (χ1v) is 33.2. The minimum absolute atomic E-state index is 0.0219. The van der Waals surface area contributed by atoms with Crippen LogP contribution < -0.4 is 0 Å². The Labute approximate surface area is 395 Å². The zero-order valence-corrected chi connectivity index (χ0v) is 47.5. The van der Waals surface area contributed by atoms with Gasteiger partial charge in [-0.3, -0.25) is 4.79 Å². The molecule has 0 aliphatic carbocycles. The molecule has 0 aromatic heterocycles. The maximum Gasteiger partial charge on any atom is 0.309 e. The van der Waals surface area contributed by atoms with Gasteiger partial charge in [-0.05, 0) is 119 Å². The average Bonchev–Trinajstić information content (AvgIpc) is 3.75. The molecule has 0 aromatic rings. The Bertz CT molecular complexity index is 1730. The molecule has 0 spiro atoms.